The van der Waals surface area contributed by atoms with Gasteiger partial charge in [-0.3, -0.25) is 4.79 Å². The molecule has 1 fully saturated rings. The van der Waals surface area contributed by atoms with Gasteiger partial charge in [0.1, 0.15) is 5.75 Å². The van der Waals surface area contributed by atoms with Crippen LogP contribution in [-0.4, -0.2) is 24.6 Å². The minimum absolute atomic E-state index is 0.0893. The summed E-state index contributed by atoms with van der Waals surface area (Å²) in [5, 5.41) is 6.38. The number of carbonyl (C=O) groups is 1. The maximum Gasteiger partial charge on any atom is 0.223 e. The van der Waals surface area contributed by atoms with Crippen molar-refractivity contribution in [3.8, 4) is 5.75 Å². The molecule has 2 N–H and O–H groups in total. The molecule has 0 unspecified atom stereocenters. The van der Waals surface area contributed by atoms with E-state index in [4.69, 9.17) is 4.74 Å². The highest BCUT2D eigenvalue weighted by molar-refractivity contribution is 5.76. The summed E-state index contributed by atoms with van der Waals surface area (Å²) >= 11 is 0. The van der Waals surface area contributed by atoms with Crippen LogP contribution in [0, 0.1) is 6.92 Å². The molecular weight excluding hydrogens is 264 g/mol. The van der Waals surface area contributed by atoms with Crippen molar-refractivity contribution >= 4 is 5.91 Å². The van der Waals surface area contributed by atoms with Crippen LogP contribution in [0.15, 0.2) is 18.2 Å². The molecule has 1 aliphatic rings. The van der Waals surface area contributed by atoms with Gasteiger partial charge in [-0.1, -0.05) is 31.5 Å². The molecule has 4 nitrogen and oxygen atoms in total. The number of amides is 1. The molecule has 1 aliphatic carbocycles. The van der Waals surface area contributed by atoms with Gasteiger partial charge < -0.3 is 15.4 Å². The number of rotatable bonds is 8. The first kappa shape index (κ1) is 15.8. The molecule has 0 aliphatic heterocycles. The molecule has 0 aromatic heterocycles. The third-order valence-corrected chi connectivity index (χ3v) is 3.45. The smallest absolute Gasteiger partial charge is 0.223 e. The van der Waals surface area contributed by atoms with Crippen molar-refractivity contribution in [3.05, 3.63) is 29.3 Å². The first-order valence-electron chi connectivity index (χ1n) is 7.79. The van der Waals surface area contributed by atoms with Gasteiger partial charge in [-0.25, -0.2) is 0 Å². The maximum absolute atomic E-state index is 11.6. The quantitative estimate of drug-likeness (QED) is 0.773. The Morgan fingerprint density at radius 3 is 2.81 bits per heavy atom. The molecule has 0 saturated heterocycles. The molecule has 4 heteroatoms. The number of nitrogens with one attached hydrogen (secondary N) is 2. The highest BCUT2D eigenvalue weighted by Gasteiger charge is 2.22. The zero-order valence-corrected chi connectivity index (χ0v) is 13.2. The first-order chi connectivity index (χ1) is 10.0. The van der Waals surface area contributed by atoms with Crippen LogP contribution < -0.4 is 15.4 Å². The molecule has 0 spiro atoms. The van der Waals surface area contributed by atoms with Crippen molar-refractivity contribution in [1.82, 2.24) is 10.6 Å². The van der Waals surface area contributed by atoms with Gasteiger partial charge in [0, 0.05) is 24.2 Å². The first-order valence-corrected chi connectivity index (χ1v) is 7.79. The normalized spacial score (nSPS) is 14.3. The van der Waals surface area contributed by atoms with Crippen molar-refractivity contribution in [3.63, 3.8) is 0 Å². The van der Waals surface area contributed by atoms with Gasteiger partial charge in [-0.05, 0) is 25.8 Å². The fourth-order valence-corrected chi connectivity index (χ4v) is 2.08. The predicted octanol–water partition coefficient (Wildman–Crippen LogP) is 2.54. The molecule has 1 amide bonds. The van der Waals surface area contributed by atoms with Crippen molar-refractivity contribution in [2.75, 3.05) is 6.61 Å². The van der Waals surface area contributed by atoms with Crippen LogP contribution in [-0.2, 0) is 11.3 Å². The Balaban J connectivity index is 1.84. The number of hydrogen-bond donors (Lipinski definition) is 2. The Bertz CT molecular complexity index is 482. The summed E-state index contributed by atoms with van der Waals surface area (Å²) in [6.45, 7) is 7.53. The van der Waals surface area contributed by atoms with Crippen LogP contribution in [0.25, 0.3) is 0 Å². The SMILES string of the molecule is Cc1ccc(OCCC(=O)NC2CC2)c(CNC(C)C)c1. The molecule has 0 bridgehead atoms. The topological polar surface area (TPSA) is 50.4 Å². The molecule has 2 rings (SSSR count). The Morgan fingerprint density at radius 2 is 2.14 bits per heavy atom. The van der Waals surface area contributed by atoms with Gasteiger partial charge in [0.25, 0.3) is 0 Å². The summed E-state index contributed by atoms with van der Waals surface area (Å²) in [7, 11) is 0. The third-order valence-electron chi connectivity index (χ3n) is 3.45. The highest BCUT2D eigenvalue weighted by Crippen LogP contribution is 2.21. The maximum atomic E-state index is 11.6. The molecular formula is C17H26N2O2. The Kier molecular flexibility index (Phi) is 5.62. The molecule has 0 radical (unpaired) electrons. The summed E-state index contributed by atoms with van der Waals surface area (Å²) < 4.78 is 5.80. The summed E-state index contributed by atoms with van der Waals surface area (Å²) in [6.07, 6.45) is 2.66. The van der Waals surface area contributed by atoms with Gasteiger partial charge in [-0.2, -0.15) is 0 Å². The van der Waals surface area contributed by atoms with Crippen LogP contribution in [0.2, 0.25) is 0 Å². The molecule has 116 valence electrons. The number of carbonyl (C=O) groups excluding carboxylic acids is 1. The number of aryl methyl sites for hydroxylation is 1. The lowest BCUT2D eigenvalue weighted by Crippen LogP contribution is -2.27. The zero-order chi connectivity index (χ0) is 15.2. The second-order valence-electron chi connectivity index (χ2n) is 6.09. The van der Waals surface area contributed by atoms with Gasteiger partial charge in [0.15, 0.2) is 0 Å². The minimum atomic E-state index is 0.0893. The van der Waals surface area contributed by atoms with Gasteiger partial charge in [-0.15, -0.1) is 0 Å². The summed E-state index contributed by atoms with van der Waals surface area (Å²) in [5.41, 5.74) is 2.36. The molecule has 21 heavy (non-hydrogen) atoms. The van der Waals surface area contributed by atoms with E-state index in [1.165, 1.54) is 5.56 Å². The molecule has 0 atom stereocenters. The van der Waals surface area contributed by atoms with Gasteiger partial charge in [0.2, 0.25) is 5.91 Å². The van der Waals surface area contributed by atoms with Crippen molar-refractivity contribution < 1.29 is 9.53 Å². The average Bonchev–Trinajstić information content (AvgIpc) is 3.22. The fraction of sp³-hybridized carbons (Fsp3) is 0.588. The van der Waals surface area contributed by atoms with Crippen molar-refractivity contribution in [2.24, 2.45) is 0 Å². The van der Waals surface area contributed by atoms with Crippen LogP contribution in [0.3, 0.4) is 0 Å². The van der Waals surface area contributed by atoms with Gasteiger partial charge in [0.05, 0.1) is 13.0 Å². The second kappa shape index (κ2) is 7.46. The minimum Gasteiger partial charge on any atom is -0.493 e. The third kappa shape index (κ3) is 5.76. The molecule has 0 heterocycles. The van der Waals surface area contributed by atoms with Crippen LogP contribution >= 0.6 is 0 Å². The van der Waals surface area contributed by atoms with E-state index >= 15 is 0 Å². The van der Waals surface area contributed by atoms with E-state index in [2.05, 4.69) is 37.5 Å². The Labute approximate surface area is 127 Å². The van der Waals surface area contributed by atoms with E-state index in [-0.39, 0.29) is 5.91 Å². The number of benzene rings is 1. The molecule has 1 aromatic carbocycles. The van der Waals surface area contributed by atoms with E-state index in [1.807, 2.05) is 12.1 Å². The van der Waals surface area contributed by atoms with E-state index in [9.17, 15) is 4.79 Å². The largest absolute Gasteiger partial charge is 0.493 e. The summed E-state index contributed by atoms with van der Waals surface area (Å²) in [6, 6.07) is 7.02. The predicted molar refractivity (Wildman–Crippen MR) is 84.4 cm³/mol. The summed E-state index contributed by atoms with van der Waals surface area (Å²) in [5.74, 6) is 0.958. The second-order valence-corrected chi connectivity index (χ2v) is 6.09. The lowest BCUT2D eigenvalue weighted by atomic mass is 10.1. The van der Waals surface area contributed by atoms with E-state index in [1.54, 1.807) is 0 Å². The molecule has 1 saturated carbocycles. The number of ether oxygens (including phenoxy) is 1. The Hall–Kier alpha value is -1.55. The lowest BCUT2D eigenvalue weighted by Gasteiger charge is -2.14. The van der Waals surface area contributed by atoms with Gasteiger partial charge >= 0.3 is 0 Å². The van der Waals surface area contributed by atoms with E-state index < -0.39 is 0 Å². The van der Waals surface area contributed by atoms with E-state index in [0.29, 0.717) is 25.1 Å². The highest BCUT2D eigenvalue weighted by atomic mass is 16.5. The molecule has 1 aromatic rings. The lowest BCUT2D eigenvalue weighted by molar-refractivity contribution is -0.121. The van der Waals surface area contributed by atoms with E-state index in [0.717, 1.165) is 30.7 Å². The summed E-state index contributed by atoms with van der Waals surface area (Å²) in [4.78, 5) is 11.6. The fourth-order valence-electron chi connectivity index (χ4n) is 2.08. The zero-order valence-electron chi connectivity index (χ0n) is 13.2. The van der Waals surface area contributed by atoms with Crippen LogP contribution in [0.1, 0.15) is 44.2 Å². The van der Waals surface area contributed by atoms with Crippen molar-refractivity contribution in [2.45, 2.75) is 58.7 Å². The van der Waals surface area contributed by atoms with Crippen LogP contribution in [0.4, 0.5) is 0 Å². The Morgan fingerprint density at radius 1 is 1.38 bits per heavy atom. The van der Waals surface area contributed by atoms with Crippen molar-refractivity contribution in [1.29, 1.82) is 0 Å². The van der Waals surface area contributed by atoms with Crippen LogP contribution in [0.5, 0.6) is 5.75 Å². The number of hydrogen-bond acceptors (Lipinski definition) is 3. The standard InChI is InChI=1S/C17H26N2O2/c1-12(2)18-11-14-10-13(3)4-7-16(14)21-9-8-17(20)19-15-5-6-15/h4,7,10,12,15,18H,5-6,8-9,11H2,1-3H3,(H,19,20). The average molecular weight is 290 g/mol. The monoisotopic (exact) mass is 290 g/mol.